The lowest BCUT2D eigenvalue weighted by molar-refractivity contribution is 0.422. The van der Waals surface area contributed by atoms with Gasteiger partial charge in [0.2, 0.25) is 0 Å². The number of aryl methyl sites for hydroxylation is 2. The van der Waals surface area contributed by atoms with E-state index in [0.717, 1.165) is 40.0 Å². The van der Waals surface area contributed by atoms with Gasteiger partial charge in [-0.2, -0.15) is 0 Å². The zero-order valence-corrected chi connectivity index (χ0v) is 13.5. The van der Waals surface area contributed by atoms with E-state index < -0.39 is 0 Å². The van der Waals surface area contributed by atoms with Crippen LogP contribution in [0.25, 0.3) is 9.88 Å². The lowest BCUT2D eigenvalue weighted by Crippen LogP contribution is -2.36. The molecule has 2 aromatic heterocycles. The van der Waals surface area contributed by atoms with E-state index in [1.807, 2.05) is 12.4 Å². The number of hydrogen-bond donors (Lipinski definition) is 1. The van der Waals surface area contributed by atoms with Gasteiger partial charge in [-0.05, 0) is 40.7 Å². The molecule has 0 spiro atoms. The molecule has 4 nitrogen and oxygen atoms in total. The highest BCUT2D eigenvalue weighted by Gasteiger charge is 2.12. The molecule has 0 atom stereocenters. The Kier molecular flexibility index (Phi) is 4.65. The Morgan fingerprint density at radius 1 is 1.26 bits per heavy atom. The summed E-state index contributed by atoms with van der Waals surface area (Å²) in [5.41, 5.74) is 3.09. The molecule has 2 heterocycles. The predicted octanol–water partition coefficient (Wildman–Crippen LogP) is 3.29. The summed E-state index contributed by atoms with van der Waals surface area (Å²) in [6, 6.07) is 0. The lowest BCUT2D eigenvalue weighted by Gasteiger charge is -2.20. The maximum Gasteiger partial charge on any atom is 0.159 e. The largest absolute Gasteiger partial charge is 0.312 e. The highest BCUT2D eigenvalue weighted by atomic mass is 32.1. The third kappa shape index (κ3) is 4.33. The molecule has 2 aromatic rings. The number of aromatic nitrogens is 3. The van der Waals surface area contributed by atoms with Crippen LogP contribution in [0.5, 0.6) is 0 Å². The molecule has 0 aliphatic heterocycles. The van der Waals surface area contributed by atoms with E-state index in [1.54, 1.807) is 22.7 Å². The molecule has 1 N–H and O–H groups in total. The van der Waals surface area contributed by atoms with Crippen molar-refractivity contribution < 1.29 is 0 Å². The van der Waals surface area contributed by atoms with Crippen LogP contribution in [0.1, 0.15) is 37.9 Å². The first kappa shape index (κ1) is 14.6. The van der Waals surface area contributed by atoms with E-state index in [2.05, 4.69) is 41.3 Å². The summed E-state index contributed by atoms with van der Waals surface area (Å²) in [5, 5.41) is 14.1. The van der Waals surface area contributed by atoms with Crippen molar-refractivity contribution >= 4 is 22.7 Å². The van der Waals surface area contributed by atoms with Crippen LogP contribution in [-0.4, -0.2) is 27.3 Å². The molecule has 0 saturated carbocycles. The highest BCUT2D eigenvalue weighted by molar-refractivity contribution is 7.20. The minimum Gasteiger partial charge on any atom is -0.312 e. The van der Waals surface area contributed by atoms with Crippen LogP contribution in [0.4, 0.5) is 0 Å². The summed E-state index contributed by atoms with van der Waals surface area (Å²) in [6.07, 6.45) is 2.08. The number of nitrogens with one attached hydrogen (secondary N) is 1. The van der Waals surface area contributed by atoms with E-state index in [0.29, 0.717) is 0 Å². The van der Waals surface area contributed by atoms with Crippen LogP contribution in [-0.2, 0) is 6.42 Å². The van der Waals surface area contributed by atoms with Gasteiger partial charge in [-0.3, -0.25) is 0 Å². The van der Waals surface area contributed by atoms with Crippen molar-refractivity contribution in [2.24, 2.45) is 0 Å². The number of rotatable bonds is 5. The third-order valence-electron chi connectivity index (χ3n) is 2.63. The van der Waals surface area contributed by atoms with Crippen molar-refractivity contribution in [3.8, 4) is 9.88 Å². The molecular weight excluding hydrogens is 276 g/mol. The van der Waals surface area contributed by atoms with Gasteiger partial charge in [0.05, 0.1) is 16.1 Å². The smallest absolute Gasteiger partial charge is 0.159 e. The number of thiazole rings is 1. The van der Waals surface area contributed by atoms with Crippen molar-refractivity contribution in [1.82, 2.24) is 20.5 Å². The van der Waals surface area contributed by atoms with E-state index >= 15 is 0 Å². The van der Waals surface area contributed by atoms with Gasteiger partial charge in [0.1, 0.15) is 5.01 Å². The molecule has 0 radical (unpaired) electrons. The third-order valence-corrected chi connectivity index (χ3v) is 4.69. The van der Waals surface area contributed by atoms with Crippen molar-refractivity contribution in [2.75, 3.05) is 6.54 Å². The summed E-state index contributed by atoms with van der Waals surface area (Å²) >= 11 is 3.32. The second-order valence-corrected chi connectivity index (χ2v) is 7.47. The van der Waals surface area contributed by atoms with Crippen LogP contribution in [0, 0.1) is 6.92 Å². The normalized spacial score (nSPS) is 12.0. The summed E-state index contributed by atoms with van der Waals surface area (Å²) in [6.45, 7) is 9.58. The fourth-order valence-electron chi connectivity index (χ4n) is 1.66. The van der Waals surface area contributed by atoms with E-state index in [-0.39, 0.29) is 5.54 Å². The van der Waals surface area contributed by atoms with Crippen molar-refractivity contribution in [1.29, 1.82) is 0 Å². The van der Waals surface area contributed by atoms with Gasteiger partial charge >= 0.3 is 0 Å². The maximum atomic E-state index is 4.27. The summed E-state index contributed by atoms with van der Waals surface area (Å²) in [5.74, 6) is 0. The van der Waals surface area contributed by atoms with Crippen LogP contribution in [0.2, 0.25) is 0 Å². The zero-order chi connectivity index (χ0) is 13.9. The van der Waals surface area contributed by atoms with Crippen molar-refractivity contribution in [3.63, 3.8) is 0 Å². The Balaban J connectivity index is 1.87. The molecule has 0 saturated heterocycles. The zero-order valence-electron chi connectivity index (χ0n) is 11.9. The summed E-state index contributed by atoms with van der Waals surface area (Å²) in [4.78, 5) is 5.40. The van der Waals surface area contributed by atoms with Gasteiger partial charge in [0, 0.05) is 12.0 Å². The van der Waals surface area contributed by atoms with Crippen LogP contribution in [0.15, 0.2) is 5.51 Å². The predicted molar refractivity (Wildman–Crippen MR) is 81.8 cm³/mol. The Morgan fingerprint density at radius 2 is 2.05 bits per heavy atom. The Hall–Kier alpha value is -0.850. The van der Waals surface area contributed by atoms with Gasteiger partial charge in [0.25, 0.3) is 0 Å². The molecule has 0 unspecified atom stereocenters. The molecular formula is C13H20N4S2. The van der Waals surface area contributed by atoms with E-state index in [9.17, 15) is 0 Å². The highest BCUT2D eigenvalue weighted by Crippen LogP contribution is 2.29. The van der Waals surface area contributed by atoms with Gasteiger partial charge in [-0.1, -0.05) is 11.3 Å². The number of hydrogen-bond acceptors (Lipinski definition) is 6. The van der Waals surface area contributed by atoms with Crippen LogP contribution in [0.3, 0.4) is 0 Å². The fraction of sp³-hybridized carbons (Fsp3) is 0.615. The Labute approximate surface area is 122 Å². The van der Waals surface area contributed by atoms with Gasteiger partial charge < -0.3 is 5.32 Å². The quantitative estimate of drug-likeness (QED) is 0.860. The first-order valence-corrected chi connectivity index (χ1v) is 8.13. The summed E-state index contributed by atoms with van der Waals surface area (Å²) < 4.78 is 0. The summed E-state index contributed by atoms with van der Waals surface area (Å²) in [7, 11) is 0. The van der Waals surface area contributed by atoms with Gasteiger partial charge in [0.15, 0.2) is 5.01 Å². The van der Waals surface area contributed by atoms with Crippen LogP contribution >= 0.6 is 22.7 Å². The second-order valence-electron chi connectivity index (χ2n) is 5.55. The molecule has 0 amide bonds. The van der Waals surface area contributed by atoms with Crippen molar-refractivity contribution in [3.05, 3.63) is 16.2 Å². The minimum atomic E-state index is 0.187. The molecule has 19 heavy (non-hydrogen) atoms. The fourth-order valence-corrected chi connectivity index (χ4v) is 3.48. The molecule has 2 rings (SSSR count). The monoisotopic (exact) mass is 296 g/mol. The standard InChI is InChI=1S/C13H20N4S2/c1-9-11(18-8-14-9)12-17-16-10(19-12)6-5-7-15-13(2,3)4/h8,15H,5-7H2,1-4H3. The Bertz CT molecular complexity index is 525. The lowest BCUT2D eigenvalue weighted by atomic mass is 10.1. The Morgan fingerprint density at radius 3 is 2.68 bits per heavy atom. The van der Waals surface area contributed by atoms with E-state index in [4.69, 9.17) is 0 Å². The second kappa shape index (κ2) is 6.07. The van der Waals surface area contributed by atoms with Crippen LogP contribution < -0.4 is 5.32 Å². The minimum absolute atomic E-state index is 0.187. The first-order chi connectivity index (χ1) is 8.96. The first-order valence-electron chi connectivity index (χ1n) is 6.43. The van der Waals surface area contributed by atoms with Gasteiger partial charge in [-0.25, -0.2) is 4.98 Å². The molecule has 104 valence electrons. The van der Waals surface area contributed by atoms with Crippen molar-refractivity contribution in [2.45, 2.75) is 46.1 Å². The average molecular weight is 296 g/mol. The molecule has 0 fully saturated rings. The van der Waals surface area contributed by atoms with E-state index in [1.165, 1.54) is 0 Å². The molecule has 0 aromatic carbocycles. The average Bonchev–Trinajstić information content (AvgIpc) is 2.91. The number of nitrogens with zero attached hydrogens (tertiary/aromatic N) is 3. The topological polar surface area (TPSA) is 50.7 Å². The molecule has 0 aliphatic carbocycles. The molecule has 0 aliphatic rings. The molecule has 6 heteroatoms. The SMILES string of the molecule is Cc1ncsc1-c1nnc(CCCNC(C)(C)C)s1. The molecule has 0 bridgehead atoms. The maximum absolute atomic E-state index is 4.27. The van der Waals surface area contributed by atoms with Gasteiger partial charge in [-0.15, -0.1) is 21.5 Å².